The standard InChI is InChI=1S/C22H27ClN4OS/c1-27-19(12-22-9-14-6-15(10-22)8-16(7-14)11-22)25-26-21(27)29-13-20(28)24-18-4-2-17(23)3-5-18/h2-5,14-16H,6-13H2,1H3,(H,24,28). The predicted octanol–water partition coefficient (Wildman–Crippen LogP) is 4.96. The molecule has 1 aromatic carbocycles. The van der Waals surface area contributed by atoms with Gasteiger partial charge in [-0.2, -0.15) is 0 Å². The Morgan fingerprint density at radius 1 is 1.14 bits per heavy atom. The molecule has 0 radical (unpaired) electrons. The van der Waals surface area contributed by atoms with Crippen LogP contribution in [0.1, 0.15) is 44.3 Å². The van der Waals surface area contributed by atoms with Crippen LogP contribution in [0.5, 0.6) is 0 Å². The fourth-order valence-corrected chi connectivity index (χ4v) is 7.18. The quantitative estimate of drug-likeness (QED) is 0.658. The van der Waals surface area contributed by atoms with E-state index in [-0.39, 0.29) is 5.91 Å². The minimum atomic E-state index is -0.0528. The van der Waals surface area contributed by atoms with E-state index in [9.17, 15) is 4.79 Å². The monoisotopic (exact) mass is 430 g/mol. The van der Waals surface area contributed by atoms with Crippen molar-refractivity contribution in [1.82, 2.24) is 14.8 Å². The second-order valence-electron chi connectivity index (χ2n) is 9.40. The lowest BCUT2D eigenvalue weighted by atomic mass is 9.49. The van der Waals surface area contributed by atoms with Gasteiger partial charge in [0, 0.05) is 24.2 Å². The fourth-order valence-electron chi connectivity index (χ4n) is 6.33. The minimum Gasteiger partial charge on any atom is -0.325 e. The molecule has 0 spiro atoms. The van der Waals surface area contributed by atoms with Crippen LogP contribution >= 0.6 is 23.4 Å². The van der Waals surface area contributed by atoms with Gasteiger partial charge in [0.15, 0.2) is 5.16 Å². The molecule has 154 valence electrons. The van der Waals surface area contributed by atoms with Crippen LogP contribution in [-0.4, -0.2) is 26.4 Å². The zero-order chi connectivity index (χ0) is 20.0. The van der Waals surface area contributed by atoms with Crippen molar-refractivity contribution in [2.24, 2.45) is 30.2 Å². The Balaban J connectivity index is 1.20. The highest BCUT2D eigenvalue weighted by molar-refractivity contribution is 7.99. The molecule has 1 amide bonds. The van der Waals surface area contributed by atoms with Crippen molar-refractivity contribution >= 4 is 35.0 Å². The summed E-state index contributed by atoms with van der Waals surface area (Å²) in [5.74, 6) is 4.17. The Kier molecular flexibility index (Phi) is 5.11. The Hall–Kier alpha value is -1.53. The number of anilines is 1. The summed E-state index contributed by atoms with van der Waals surface area (Å²) in [6.45, 7) is 0. The molecule has 1 N–H and O–H groups in total. The van der Waals surface area contributed by atoms with E-state index in [1.165, 1.54) is 50.3 Å². The Morgan fingerprint density at radius 3 is 2.38 bits per heavy atom. The third kappa shape index (κ3) is 4.06. The summed E-state index contributed by atoms with van der Waals surface area (Å²) in [6.07, 6.45) is 9.54. The maximum Gasteiger partial charge on any atom is 0.234 e. The zero-order valence-electron chi connectivity index (χ0n) is 16.7. The second-order valence-corrected chi connectivity index (χ2v) is 10.8. The Morgan fingerprint density at radius 2 is 1.76 bits per heavy atom. The number of carbonyl (C=O) groups excluding carboxylic acids is 1. The van der Waals surface area contributed by atoms with E-state index < -0.39 is 0 Å². The molecule has 4 fully saturated rings. The van der Waals surface area contributed by atoms with Crippen molar-refractivity contribution in [3.05, 3.63) is 35.1 Å². The largest absolute Gasteiger partial charge is 0.325 e. The molecule has 1 aromatic heterocycles. The second kappa shape index (κ2) is 7.62. The van der Waals surface area contributed by atoms with E-state index >= 15 is 0 Å². The molecule has 5 nitrogen and oxygen atoms in total. The molecule has 6 rings (SSSR count). The van der Waals surface area contributed by atoms with Crippen LogP contribution in [0.15, 0.2) is 29.4 Å². The summed E-state index contributed by atoms with van der Waals surface area (Å²) in [4.78, 5) is 12.3. The van der Waals surface area contributed by atoms with Crippen LogP contribution in [0.3, 0.4) is 0 Å². The number of rotatable bonds is 6. The SMILES string of the molecule is Cn1c(CC23CC4CC(CC(C4)C2)C3)nnc1SCC(=O)Nc1ccc(Cl)cc1. The van der Waals surface area contributed by atoms with Crippen molar-refractivity contribution < 1.29 is 4.79 Å². The number of nitrogens with zero attached hydrogens (tertiary/aromatic N) is 3. The molecule has 4 aliphatic carbocycles. The van der Waals surface area contributed by atoms with Gasteiger partial charge in [-0.25, -0.2) is 0 Å². The number of aromatic nitrogens is 3. The van der Waals surface area contributed by atoms with Gasteiger partial charge in [-0.15, -0.1) is 10.2 Å². The summed E-state index contributed by atoms with van der Waals surface area (Å²) in [6, 6.07) is 7.14. The van der Waals surface area contributed by atoms with Gasteiger partial charge in [0.05, 0.1) is 5.75 Å². The maximum absolute atomic E-state index is 12.3. The van der Waals surface area contributed by atoms with Gasteiger partial charge in [0.25, 0.3) is 0 Å². The van der Waals surface area contributed by atoms with Crippen LogP contribution in [0.2, 0.25) is 5.02 Å². The highest BCUT2D eigenvalue weighted by Gasteiger charge is 2.51. The first kappa shape index (κ1) is 19.4. The first-order chi connectivity index (χ1) is 14.0. The molecule has 1 heterocycles. The summed E-state index contributed by atoms with van der Waals surface area (Å²) < 4.78 is 2.10. The van der Waals surface area contributed by atoms with Crippen LogP contribution in [0.4, 0.5) is 5.69 Å². The van der Waals surface area contributed by atoms with Gasteiger partial charge in [-0.05, 0) is 86.0 Å². The molecule has 7 heteroatoms. The minimum absolute atomic E-state index is 0.0528. The molecule has 4 saturated carbocycles. The molecule has 4 aliphatic rings. The van der Waals surface area contributed by atoms with Gasteiger partial charge >= 0.3 is 0 Å². The molecule has 0 unspecified atom stereocenters. The number of hydrogen-bond donors (Lipinski definition) is 1. The molecule has 0 saturated heterocycles. The zero-order valence-corrected chi connectivity index (χ0v) is 18.3. The molecule has 2 aromatic rings. The summed E-state index contributed by atoms with van der Waals surface area (Å²) in [5.41, 5.74) is 1.20. The van der Waals surface area contributed by atoms with E-state index in [0.29, 0.717) is 16.2 Å². The number of benzene rings is 1. The number of nitrogens with one attached hydrogen (secondary N) is 1. The molecular weight excluding hydrogens is 404 g/mol. The van der Waals surface area contributed by atoms with E-state index in [1.807, 2.05) is 7.05 Å². The van der Waals surface area contributed by atoms with Crippen molar-refractivity contribution in [2.75, 3.05) is 11.1 Å². The normalized spacial score (nSPS) is 29.9. The number of amides is 1. The number of halogens is 1. The van der Waals surface area contributed by atoms with Gasteiger partial charge < -0.3 is 9.88 Å². The predicted molar refractivity (Wildman–Crippen MR) is 116 cm³/mol. The number of thioether (sulfide) groups is 1. The third-order valence-corrected chi connectivity index (χ3v) is 8.36. The van der Waals surface area contributed by atoms with Crippen LogP contribution in [-0.2, 0) is 18.3 Å². The van der Waals surface area contributed by atoms with E-state index in [4.69, 9.17) is 11.6 Å². The molecular formula is C22H27ClN4OS. The molecule has 29 heavy (non-hydrogen) atoms. The highest BCUT2D eigenvalue weighted by atomic mass is 35.5. The summed E-state index contributed by atoms with van der Waals surface area (Å²) in [7, 11) is 2.04. The number of hydrogen-bond acceptors (Lipinski definition) is 4. The van der Waals surface area contributed by atoms with E-state index in [1.54, 1.807) is 24.3 Å². The lowest BCUT2D eigenvalue weighted by molar-refractivity contribution is -0.113. The Labute approximate surface area is 181 Å². The molecule has 0 atom stereocenters. The highest BCUT2D eigenvalue weighted by Crippen LogP contribution is 2.60. The summed E-state index contributed by atoms with van der Waals surface area (Å²) >= 11 is 7.33. The van der Waals surface area contributed by atoms with Crippen molar-refractivity contribution in [3.8, 4) is 0 Å². The lowest BCUT2D eigenvalue weighted by Gasteiger charge is -2.56. The first-order valence-corrected chi connectivity index (χ1v) is 11.9. The first-order valence-electron chi connectivity index (χ1n) is 10.5. The van der Waals surface area contributed by atoms with Crippen LogP contribution in [0.25, 0.3) is 0 Å². The van der Waals surface area contributed by atoms with Crippen molar-refractivity contribution in [1.29, 1.82) is 0 Å². The number of carbonyl (C=O) groups is 1. The Bertz CT molecular complexity index is 875. The topological polar surface area (TPSA) is 59.8 Å². The summed E-state index contributed by atoms with van der Waals surface area (Å²) in [5, 5.41) is 13.3. The van der Waals surface area contributed by atoms with Gasteiger partial charge in [-0.3, -0.25) is 4.79 Å². The van der Waals surface area contributed by atoms with Crippen LogP contribution in [0, 0.1) is 23.2 Å². The van der Waals surface area contributed by atoms with Crippen LogP contribution < -0.4 is 5.32 Å². The van der Waals surface area contributed by atoms with Gasteiger partial charge in [0.1, 0.15) is 5.82 Å². The molecule has 4 bridgehead atoms. The van der Waals surface area contributed by atoms with Crippen molar-refractivity contribution in [3.63, 3.8) is 0 Å². The van der Waals surface area contributed by atoms with E-state index in [2.05, 4.69) is 20.1 Å². The fraction of sp³-hybridized carbons (Fsp3) is 0.591. The molecule has 0 aliphatic heterocycles. The van der Waals surface area contributed by atoms with Crippen molar-refractivity contribution in [2.45, 2.75) is 50.1 Å². The smallest absolute Gasteiger partial charge is 0.234 e. The van der Waals surface area contributed by atoms with E-state index in [0.717, 1.165) is 40.8 Å². The average Bonchev–Trinajstić information content (AvgIpc) is 3.00. The third-order valence-electron chi connectivity index (χ3n) is 7.08. The average molecular weight is 431 g/mol. The maximum atomic E-state index is 12.3. The van der Waals surface area contributed by atoms with Gasteiger partial charge in [-0.1, -0.05) is 23.4 Å². The lowest BCUT2D eigenvalue weighted by Crippen LogP contribution is -2.47. The van der Waals surface area contributed by atoms with Gasteiger partial charge in [0.2, 0.25) is 5.91 Å².